The van der Waals surface area contributed by atoms with Crippen LogP contribution in [0.4, 0.5) is 0 Å². The van der Waals surface area contributed by atoms with E-state index in [9.17, 15) is 8.42 Å². The van der Waals surface area contributed by atoms with Crippen molar-refractivity contribution in [2.24, 2.45) is 0 Å². The molecular weight excluding hydrogens is 338 g/mol. The molecule has 0 aromatic heterocycles. The van der Waals surface area contributed by atoms with E-state index in [4.69, 9.17) is 0 Å². The first-order valence-electron chi connectivity index (χ1n) is 6.20. The van der Waals surface area contributed by atoms with Crippen molar-refractivity contribution in [2.45, 2.75) is 25.3 Å². The molecule has 0 radical (unpaired) electrons. The quantitative estimate of drug-likeness (QED) is 0.913. The number of halogens is 1. The van der Waals surface area contributed by atoms with Gasteiger partial charge in [0.05, 0.1) is 4.90 Å². The fourth-order valence-electron chi connectivity index (χ4n) is 2.09. The van der Waals surface area contributed by atoms with Crippen LogP contribution < -0.4 is 4.72 Å². The topological polar surface area (TPSA) is 46.2 Å². The molecule has 2 aromatic carbocycles. The highest BCUT2D eigenvalue weighted by Gasteiger charge is 2.16. The Kier molecular flexibility index (Phi) is 4.62. The molecule has 0 aliphatic rings. The summed E-state index contributed by atoms with van der Waals surface area (Å²) in [7, 11) is -3.51. The molecular formula is C15H16BrNO2S. The summed E-state index contributed by atoms with van der Waals surface area (Å²) < 4.78 is 27.7. The van der Waals surface area contributed by atoms with Crippen molar-refractivity contribution in [3.8, 4) is 0 Å². The third-order valence-corrected chi connectivity index (χ3v) is 5.29. The molecule has 3 nitrogen and oxygen atoms in total. The fourth-order valence-corrected chi connectivity index (χ4v) is 4.11. The van der Waals surface area contributed by atoms with E-state index in [1.54, 1.807) is 24.3 Å². The largest absolute Gasteiger partial charge is 0.241 e. The van der Waals surface area contributed by atoms with Crippen LogP contribution in [0.15, 0.2) is 51.8 Å². The van der Waals surface area contributed by atoms with Crippen molar-refractivity contribution in [1.29, 1.82) is 0 Å². The van der Waals surface area contributed by atoms with Crippen molar-refractivity contribution in [3.05, 3.63) is 63.6 Å². The minimum absolute atomic E-state index is 0.254. The average Bonchev–Trinajstić information content (AvgIpc) is 2.36. The molecule has 0 spiro atoms. The number of nitrogens with one attached hydrogen (secondary N) is 1. The highest BCUT2D eigenvalue weighted by Crippen LogP contribution is 2.21. The van der Waals surface area contributed by atoms with Crippen LogP contribution in [-0.4, -0.2) is 8.42 Å². The van der Waals surface area contributed by atoms with Crippen molar-refractivity contribution in [2.75, 3.05) is 0 Å². The van der Waals surface area contributed by atoms with Gasteiger partial charge in [0.1, 0.15) is 0 Å². The molecule has 0 heterocycles. The summed E-state index contributed by atoms with van der Waals surface area (Å²) in [5, 5.41) is 0. The SMILES string of the molecule is Cc1cc(C)cc(CNS(=O)(=O)c2ccccc2Br)c1. The second kappa shape index (κ2) is 6.08. The molecule has 0 saturated heterocycles. The van der Waals surface area contributed by atoms with Gasteiger partial charge in [0.2, 0.25) is 10.0 Å². The zero-order valence-corrected chi connectivity index (χ0v) is 13.8. The van der Waals surface area contributed by atoms with Gasteiger partial charge in [0.15, 0.2) is 0 Å². The molecule has 2 rings (SSSR count). The van der Waals surface area contributed by atoms with Crippen LogP contribution in [0.1, 0.15) is 16.7 Å². The molecule has 0 aliphatic heterocycles. The van der Waals surface area contributed by atoms with Gasteiger partial charge < -0.3 is 0 Å². The van der Waals surface area contributed by atoms with Gasteiger partial charge in [0.25, 0.3) is 0 Å². The fraction of sp³-hybridized carbons (Fsp3) is 0.200. The molecule has 0 saturated carbocycles. The van der Waals surface area contributed by atoms with E-state index in [-0.39, 0.29) is 11.4 Å². The summed E-state index contributed by atoms with van der Waals surface area (Å²) in [6.45, 7) is 4.28. The van der Waals surface area contributed by atoms with Crippen LogP contribution in [0.2, 0.25) is 0 Å². The normalized spacial score (nSPS) is 11.6. The van der Waals surface area contributed by atoms with Gasteiger partial charge >= 0.3 is 0 Å². The van der Waals surface area contributed by atoms with Crippen molar-refractivity contribution < 1.29 is 8.42 Å². The summed E-state index contributed by atoms with van der Waals surface area (Å²) in [5.41, 5.74) is 3.21. The number of hydrogen-bond acceptors (Lipinski definition) is 2. The van der Waals surface area contributed by atoms with Crippen molar-refractivity contribution in [3.63, 3.8) is 0 Å². The molecule has 1 N–H and O–H groups in total. The number of rotatable bonds is 4. The highest BCUT2D eigenvalue weighted by molar-refractivity contribution is 9.10. The second-order valence-corrected chi connectivity index (χ2v) is 7.34. The Balaban J connectivity index is 2.20. The maximum Gasteiger partial charge on any atom is 0.241 e. The minimum atomic E-state index is -3.51. The first-order valence-corrected chi connectivity index (χ1v) is 8.47. The van der Waals surface area contributed by atoms with E-state index >= 15 is 0 Å². The molecule has 0 unspecified atom stereocenters. The number of sulfonamides is 1. The Morgan fingerprint density at radius 3 is 2.25 bits per heavy atom. The van der Waals surface area contributed by atoms with Gasteiger partial charge in [-0.3, -0.25) is 0 Å². The Bertz CT molecular complexity index is 706. The van der Waals surface area contributed by atoms with E-state index in [1.807, 2.05) is 26.0 Å². The zero-order chi connectivity index (χ0) is 14.8. The molecule has 0 amide bonds. The summed E-state index contributed by atoms with van der Waals surface area (Å²) in [4.78, 5) is 0.254. The summed E-state index contributed by atoms with van der Waals surface area (Å²) >= 11 is 3.26. The van der Waals surface area contributed by atoms with E-state index in [2.05, 4.69) is 26.7 Å². The smallest absolute Gasteiger partial charge is 0.207 e. The van der Waals surface area contributed by atoms with Gasteiger partial charge in [0, 0.05) is 11.0 Å². The maximum atomic E-state index is 12.3. The lowest BCUT2D eigenvalue weighted by molar-refractivity contribution is 0.581. The van der Waals surface area contributed by atoms with Crippen molar-refractivity contribution in [1.82, 2.24) is 4.72 Å². The zero-order valence-electron chi connectivity index (χ0n) is 11.4. The van der Waals surface area contributed by atoms with E-state index in [0.29, 0.717) is 4.47 Å². The van der Waals surface area contributed by atoms with Gasteiger partial charge in [-0.1, -0.05) is 41.5 Å². The van der Waals surface area contributed by atoms with Crippen LogP contribution in [0.3, 0.4) is 0 Å². The third kappa shape index (κ3) is 3.69. The summed E-state index contributed by atoms with van der Waals surface area (Å²) in [5.74, 6) is 0. The second-order valence-electron chi connectivity index (χ2n) is 4.75. The predicted molar refractivity (Wildman–Crippen MR) is 84.1 cm³/mol. The van der Waals surface area contributed by atoms with Crippen molar-refractivity contribution >= 4 is 26.0 Å². The van der Waals surface area contributed by atoms with Gasteiger partial charge in [-0.25, -0.2) is 13.1 Å². The van der Waals surface area contributed by atoms with Gasteiger partial charge in [-0.05, 0) is 47.5 Å². The lowest BCUT2D eigenvalue weighted by Gasteiger charge is -2.09. The van der Waals surface area contributed by atoms with Gasteiger partial charge in [-0.15, -0.1) is 0 Å². The molecule has 0 atom stereocenters. The lowest BCUT2D eigenvalue weighted by Crippen LogP contribution is -2.23. The summed E-state index contributed by atoms with van der Waals surface area (Å²) in [6.07, 6.45) is 0. The first kappa shape index (κ1) is 15.2. The average molecular weight is 354 g/mol. The van der Waals surface area contributed by atoms with Crippen LogP contribution in [-0.2, 0) is 16.6 Å². The van der Waals surface area contributed by atoms with Crippen LogP contribution >= 0.6 is 15.9 Å². The highest BCUT2D eigenvalue weighted by atomic mass is 79.9. The van der Waals surface area contributed by atoms with E-state index in [0.717, 1.165) is 16.7 Å². The molecule has 20 heavy (non-hydrogen) atoms. The Hall–Kier alpha value is -1.17. The minimum Gasteiger partial charge on any atom is -0.207 e. The Morgan fingerprint density at radius 2 is 1.65 bits per heavy atom. The molecule has 2 aromatic rings. The summed E-state index contributed by atoms with van der Waals surface area (Å²) in [6, 6.07) is 12.8. The van der Waals surface area contributed by atoms with Gasteiger partial charge in [-0.2, -0.15) is 0 Å². The van der Waals surface area contributed by atoms with Crippen LogP contribution in [0.5, 0.6) is 0 Å². The number of aryl methyl sites for hydroxylation is 2. The van der Waals surface area contributed by atoms with Crippen LogP contribution in [0, 0.1) is 13.8 Å². The Morgan fingerprint density at radius 1 is 1.05 bits per heavy atom. The standard InChI is InChI=1S/C15H16BrNO2S/c1-11-7-12(2)9-13(8-11)10-17-20(18,19)15-6-4-3-5-14(15)16/h3-9,17H,10H2,1-2H3. The number of hydrogen-bond donors (Lipinski definition) is 1. The van der Waals surface area contributed by atoms with E-state index < -0.39 is 10.0 Å². The lowest BCUT2D eigenvalue weighted by atomic mass is 10.1. The van der Waals surface area contributed by atoms with Crippen LogP contribution in [0.25, 0.3) is 0 Å². The first-order chi connectivity index (χ1) is 9.38. The monoisotopic (exact) mass is 353 g/mol. The number of benzene rings is 2. The molecule has 0 fully saturated rings. The molecule has 0 bridgehead atoms. The van der Waals surface area contributed by atoms with E-state index in [1.165, 1.54) is 0 Å². The Labute approximate surface area is 128 Å². The molecule has 5 heteroatoms. The maximum absolute atomic E-state index is 12.3. The predicted octanol–water partition coefficient (Wildman–Crippen LogP) is 3.54. The third-order valence-electron chi connectivity index (χ3n) is 2.87. The molecule has 106 valence electrons. The molecule has 0 aliphatic carbocycles.